The van der Waals surface area contributed by atoms with Crippen molar-refractivity contribution in [2.45, 2.75) is 80.6 Å². The fraction of sp³-hybridized carbons (Fsp3) is 0.750. The summed E-state index contributed by atoms with van der Waals surface area (Å²) in [6, 6.07) is 0. The summed E-state index contributed by atoms with van der Waals surface area (Å²) in [5.74, 6) is 0. The average molecular weight is 577 g/mol. The zero-order chi connectivity index (χ0) is 30.2. The minimum atomic E-state index is -2.51. The van der Waals surface area contributed by atoms with Gasteiger partial charge in [0.2, 0.25) is 0 Å². The molecule has 0 saturated carbocycles. The predicted octanol–water partition coefficient (Wildman–Crippen LogP) is 3.01. The van der Waals surface area contributed by atoms with Gasteiger partial charge in [0.15, 0.2) is 0 Å². The van der Waals surface area contributed by atoms with E-state index in [0.29, 0.717) is 19.8 Å². The first kappa shape index (κ1) is 48.6. The lowest BCUT2D eigenvalue weighted by molar-refractivity contribution is 0.0843. The first-order valence-corrected chi connectivity index (χ1v) is 16.8. The quantitative estimate of drug-likeness (QED) is 0.319. The van der Waals surface area contributed by atoms with Gasteiger partial charge >= 0.3 is 17.6 Å². The Morgan fingerprint density at radius 2 is 0.778 bits per heavy atom. The van der Waals surface area contributed by atoms with E-state index < -0.39 is 17.6 Å². The normalized spacial score (nSPS) is 10.2. The van der Waals surface area contributed by atoms with Crippen LogP contribution in [-0.4, -0.2) is 103 Å². The summed E-state index contributed by atoms with van der Waals surface area (Å²) in [7, 11) is 0.827. The maximum Gasteiger partial charge on any atom is 0.528 e. The Balaban J connectivity index is -0.0000000822. The number of aliphatic hydroxyl groups excluding tert-OH is 3. The molecular weight excluding hydrogens is 517 g/mol. The third-order valence-electron chi connectivity index (χ3n) is 2.39. The van der Waals surface area contributed by atoms with Crippen molar-refractivity contribution < 1.29 is 41.9 Å². The van der Waals surface area contributed by atoms with E-state index in [-0.39, 0.29) is 18.3 Å². The van der Waals surface area contributed by atoms with E-state index in [2.05, 4.69) is 19.7 Å². The van der Waals surface area contributed by atoms with Gasteiger partial charge in [-0.15, -0.1) is 12.3 Å². The molecular formula is C24H60O9Si3. The lowest BCUT2D eigenvalue weighted by atomic mass is 10.5. The van der Waals surface area contributed by atoms with Gasteiger partial charge in [-0.2, -0.15) is 0 Å². The Labute approximate surface area is 228 Å². The lowest BCUT2D eigenvalue weighted by Crippen LogP contribution is -2.44. The Morgan fingerprint density at radius 1 is 0.611 bits per heavy atom. The Morgan fingerprint density at radius 3 is 0.833 bits per heavy atom. The molecule has 0 heterocycles. The summed E-state index contributed by atoms with van der Waals surface area (Å²) in [5.41, 5.74) is 5.14. The van der Waals surface area contributed by atoms with Gasteiger partial charge in [0.25, 0.3) is 0 Å². The molecule has 222 valence electrons. The van der Waals surface area contributed by atoms with Crippen molar-refractivity contribution in [3.8, 4) is 0 Å². The summed E-state index contributed by atoms with van der Waals surface area (Å²) in [6.07, 6.45) is -0.500. The highest BCUT2D eigenvalue weighted by molar-refractivity contribution is 6.66. The molecule has 3 N–H and O–H groups in total. The first-order chi connectivity index (χ1) is 16.6. The van der Waals surface area contributed by atoms with Crippen molar-refractivity contribution in [3.05, 3.63) is 36.8 Å². The summed E-state index contributed by atoms with van der Waals surface area (Å²) in [4.78, 5) is 0. The molecule has 0 fully saturated rings. The molecule has 0 unspecified atom stereocenters. The van der Waals surface area contributed by atoms with Gasteiger partial charge in [-0.1, -0.05) is 13.2 Å². The smallest absolute Gasteiger partial charge is 0.394 e. The molecule has 0 bridgehead atoms. The Hall–Kier alpha value is -0.489. The molecule has 0 atom stereocenters. The van der Waals surface area contributed by atoms with Gasteiger partial charge in [-0.05, 0) is 73.7 Å². The van der Waals surface area contributed by atoms with Crippen molar-refractivity contribution in [1.29, 1.82) is 0 Å². The van der Waals surface area contributed by atoms with Crippen molar-refractivity contribution >= 4 is 27.9 Å². The topological polar surface area (TPSA) is 116 Å². The first-order valence-electron chi connectivity index (χ1n) is 12.1. The third-order valence-corrected chi connectivity index (χ3v) is 7.17. The van der Waals surface area contributed by atoms with Gasteiger partial charge in [0, 0.05) is 69.7 Å². The summed E-state index contributed by atoms with van der Waals surface area (Å²) in [6.45, 7) is 28.5. The molecule has 9 nitrogen and oxygen atoms in total. The van der Waals surface area contributed by atoms with Crippen LogP contribution < -0.4 is 0 Å². The second-order valence-corrected chi connectivity index (χ2v) is 13.4. The summed E-state index contributed by atoms with van der Waals surface area (Å²) >= 11 is 0. The number of rotatable bonds is 11. The van der Waals surface area contributed by atoms with Gasteiger partial charge in [-0.25, -0.2) is 0 Å². The second kappa shape index (κ2) is 36.7. The maximum absolute atomic E-state index is 8.06. The van der Waals surface area contributed by atoms with Gasteiger partial charge in [-0.3, -0.25) is 0 Å². The van der Waals surface area contributed by atoms with Crippen LogP contribution in [0.2, 0.25) is 0 Å². The molecule has 0 amide bonds. The van der Waals surface area contributed by atoms with Crippen LogP contribution in [-0.2, 0) is 26.6 Å². The molecule has 36 heavy (non-hydrogen) atoms. The van der Waals surface area contributed by atoms with Crippen LogP contribution in [0, 0.1) is 0 Å². The molecule has 0 radical (unpaired) electrons. The van der Waals surface area contributed by atoms with Gasteiger partial charge in [0.05, 0.1) is 0 Å². The van der Waals surface area contributed by atoms with Crippen LogP contribution in [0.3, 0.4) is 0 Å². The van der Waals surface area contributed by atoms with Crippen molar-refractivity contribution in [2.75, 3.05) is 41.2 Å². The largest absolute Gasteiger partial charge is 0.528 e. The van der Waals surface area contributed by atoms with E-state index in [9.17, 15) is 0 Å². The van der Waals surface area contributed by atoms with Crippen LogP contribution in [0.5, 0.6) is 0 Å². The number of hydrogen-bond donors (Lipinski definition) is 3. The third kappa shape index (κ3) is 50.4. The molecule has 0 spiro atoms. The molecule has 0 aliphatic carbocycles. The van der Waals surface area contributed by atoms with Crippen LogP contribution in [0.1, 0.15) is 62.3 Å². The zero-order valence-corrected chi connectivity index (χ0v) is 29.5. The fourth-order valence-corrected chi connectivity index (χ4v) is 4.22. The molecule has 0 rings (SSSR count). The molecule has 0 aromatic carbocycles. The highest BCUT2D eigenvalue weighted by atomic mass is 28.4. The SMILES string of the molecule is C=C[SiH3].C=C[Si](OC)(OC)OC.C=C[Si](OCC)(OCC)OCC.CC(C)O.CC(C)O.CC(C)O. The predicted molar refractivity (Wildman–Crippen MR) is 160 cm³/mol. The summed E-state index contributed by atoms with van der Waals surface area (Å²) < 4.78 is 31.2. The molecule has 12 heteroatoms. The molecule has 0 aromatic rings. The lowest BCUT2D eigenvalue weighted by Gasteiger charge is -2.24. The zero-order valence-electron chi connectivity index (χ0n) is 25.5. The second-order valence-electron chi connectivity index (χ2n) is 7.22. The van der Waals surface area contributed by atoms with E-state index in [1.165, 1.54) is 0 Å². The van der Waals surface area contributed by atoms with E-state index in [1.807, 2.05) is 26.5 Å². The molecule has 0 aromatic heterocycles. The average Bonchev–Trinajstić information content (AvgIpc) is 2.76. The molecule has 0 saturated heterocycles. The van der Waals surface area contributed by atoms with Gasteiger partial charge in [0.1, 0.15) is 0 Å². The van der Waals surface area contributed by atoms with E-state index in [0.717, 1.165) is 10.2 Å². The fourth-order valence-electron chi connectivity index (χ4n) is 1.41. The van der Waals surface area contributed by atoms with Crippen molar-refractivity contribution in [3.63, 3.8) is 0 Å². The minimum Gasteiger partial charge on any atom is -0.394 e. The van der Waals surface area contributed by atoms with Crippen LogP contribution in [0.15, 0.2) is 36.8 Å². The van der Waals surface area contributed by atoms with Crippen molar-refractivity contribution in [1.82, 2.24) is 0 Å². The highest BCUT2D eigenvalue weighted by Crippen LogP contribution is 2.10. The van der Waals surface area contributed by atoms with Crippen molar-refractivity contribution in [2.24, 2.45) is 0 Å². The van der Waals surface area contributed by atoms with Crippen LogP contribution in [0.25, 0.3) is 0 Å². The van der Waals surface area contributed by atoms with E-state index in [4.69, 9.17) is 41.9 Å². The van der Waals surface area contributed by atoms with E-state index in [1.54, 1.807) is 74.3 Å². The Bertz CT molecular complexity index is 387. The number of hydrogen-bond acceptors (Lipinski definition) is 9. The number of aliphatic hydroxyl groups is 3. The Kier molecular flexibility index (Phi) is 49.5. The van der Waals surface area contributed by atoms with Gasteiger partial charge < -0.3 is 41.9 Å². The molecule has 0 aliphatic rings. The highest BCUT2D eigenvalue weighted by Gasteiger charge is 2.36. The standard InChI is InChI=1S/C8H18O3Si.C5H12O3Si.3C3H8O.C2H6Si/c1-5-9-12(8-4,10-6-2)11-7-3;1-5-9(6-2,7-3)8-4;3*1-3(2)4;1-2-3/h8H,4-7H2,1-3H3;5H,1H2,2-4H3;3*3-4H,1-2H3;2H,1H2,3H3. The van der Waals surface area contributed by atoms with Crippen LogP contribution in [0.4, 0.5) is 0 Å². The van der Waals surface area contributed by atoms with E-state index >= 15 is 0 Å². The van der Waals surface area contributed by atoms with Crippen LogP contribution >= 0.6 is 0 Å². The summed E-state index contributed by atoms with van der Waals surface area (Å²) in [5, 5.41) is 24.2. The molecule has 0 aliphatic heterocycles. The monoisotopic (exact) mass is 576 g/mol. The maximum atomic E-state index is 8.06. The minimum absolute atomic E-state index is 0.167.